The topological polar surface area (TPSA) is 141 Å². The predicted octanol–water partition coefficient (Wildman–Crippen LogP) is 4.75. The molecule has 0 saturated heterocycles. The molecule has 0 unspecified atom stereocenters. The molecule has 3 N–H and O–H groups in total. The van der Waals surface area contributed by atoms with E-state index in [-0.39, 0.29) is 57.5 Å². The summed E-state index contributed by atoms with van der Waals surface area (Å²) in [5.41, 5.74) is 0.104. The van der Waals surface area contributed by atoms with Crippen molar-refractivity contribution in [3.05, 3.63) is 71.3 Å². The number of aliphatic hydroxyl groups is 2. The van der Waals surface area contributed by atoms with Crippen LogP contribution in [0.15, 0.2) is 76.3 Å². The van der Waals surface area contributed by atoms with Crippen LogP contribution in [0, 0.1) is 12.8 Å². The van der Waals surface area contributed by atoms with E-state index in [1.54, 1.807) is 19.9 Å². The first kappa shape index (κ1) is 46.0. The van der Waals surface area contributed by atoms with E-state index in [9.17, 15) is 29.0 Å². The standard InChI is InChI=1S/C28H39FN4O7.2C2H6.C2H2/c1-6-10-21(29)12-9-8-11-20(3)23-18-33(19-24(40-23)27(37)32(7-2)14-15-34)28(38)25(22(35)17-30-4)26(36)31-13-16-39-5;3*1-2/h6,9-10,12,19,34-35H,1,4,7-8,11,13-18H2,2-3,5H3,(H,31,36);2*1-2H3;1-2H/b12-9-,21-10+,23-20-,25-22+;;;. The molecule has 1 aliphatic heterocycles. The minimum Gasteiger partial charge on any atom is -0.509 e. The van der Waals surface area contributed by atoms with Gasteiger partial charge in [0.25, 0.3) is 17.7 Å². The summed E-state index contributed by atoms with van der Waals surface area (Å²) in [5, 5.41) is 22.4. The van der Waals surface area contributed by atoms with Crippen molar-refractivity contribution in [2.45, 2.75) is 54.4 Å². The van der Waals surface area contributed by atoms with Crippen LogP contribution in [-0.2, 0) is 23.9 Å². The highest BCUT2D eigenvalue weighted by Gasteiger charge is 2.33. The van der Waals surface area contributed by atoms with Gasteiger partial charge in [0.1, 0.15) is 22.9 Å². The van der Waals surface area contributed by atoms with Gasteiger partial charge in [0.2, 0.25) is 5.76 Å². The largest absolute Gasteiger partial charge is 0.509 e. The van der Waals surface area contributed by atoms with Crippen molar-refractivity contribution in [1.82, 2.24) is 15.1 Å². The highest BCUT2D eigenvalue weighted by atomic mass is 19.1. The molecule has 258 valence electrons. The summed E-state index contributed by atoms with van der Waals surface area (Å²) in [6.45, 7) is 17.9. The Labute approximate surface area is 274 Å². The molecule has 0 aromatic carbocycles. The molecule has 0 spiro atoms. The lowest BCUT2D eigenvalue weighted by molar-refractivity contribution is -0.132. The number of aliphatic hydroxyl groups excluding tert-OH is 2. The van der Waals surface area contributed by atoms with Crippen molar-refractivity contribution in [1.29, 1.82) is 0 Å². The number of carbonyl (C=O) groups is 3. The second kappa shape index (κ2) is 29.3. The summed E-state index contributed by atoms with van der Waals surface area (Å²) in [7, 11) is 1.45. The Bertz CT molecular complexity index is 1140. The van der Waals surface area contributed by atoms with Crippen LogP contribution in [-0.4, -0.2) is 97.5 Å². The van der Waals surface area contributed by atoms with Gasteiger partial charge >= 0.3 is 0 Å². The van der Waals surface area contributed by atoms with Gasteiger partial charge in [-0.2, -0.15) is 0 Å². The molecule has 0 radical (unpaired) electrons. The van der Waals surface area contributed by atoms with E-state index < -0.39 is 34.9 Å². The Morgan fingerprint density at radius 1 is 1.26 bits per heavy atom. The highest BCUT2D eigenvalue weighted by molar-refractivity contribution is 6.19. The van der Waals surface area contributed by atoms with E-state index >= 15 is 0 Å². The number of hydrogen-bond donors (Lipinski definition) is 3. The second-order valence-corrected chi connectivity index (χ2v) is 8.52. The van der Waals surface area contributed by atoms with Gasteiger partial charge in [-0.3, -0.25) is 19.4 Å². The zero-order chi connectivity index (χ0) is 36.1. The molecule has 0 fully saturated rings. The third-order valence-electron chi connectivity index (χ3n) is 5.63. The number of aliphatic imine (C=N–C) groups is 1. The van der Waals surface area contributed by atoms with Gasteiger partial charge in [-0.25, -0.2) is 4.39 Å². The number of halogens is 1. The first-order valence-electron chi connectivity index (χ1n) is 15.0. The molecule has 0 aromatic rings. The molecule has 12 heteroatoms. The van der Waals surface area contributed by atoms with E-state index in [0.717, 1.165) is 11.1 Å². The summed E-state index contributed by atoms with van der Waals surface area (Å²) >= 11 is 0. The van der Waals surface area contributed by atoms with Crippen LogP contribution in [0.25, 0.3) is 0 Å². The summed E-state index contributed by atoms with van der Waals surface area (Å²) in [6.07, 6.45) is 15.5. The van der Waals surface area contributed by atoms with Crippen LogP contribution in [0.4, 0.5) is 4.39 Å². The lowest BCUT2D eigenvalue weighted by Gasteiger charge is -2.30. The number of rotatable bonds is 16. The Morgan fingerprint density at radius 2 is 1.89 bits per heavy atom. The summed E-state index contributed by atoms with van der Waals surface area (Å²) in [6, 6.07) is 0. The fourth-order valence-electron chi connectivity index (χ4n) is 3.50. The Balaban J connectivity index is -0.00000290. The number of ether oxygens (including phenoxy) is 2. The molecule has 11 nitrogen and oxygen atoms in total. The highest BCUT2D eigenvalue weighted by Crippen LogP contribution is 2.25. The van der Waals surface area contributed by atoms with Gasteiger partial charge in [-0.15, -0.1) is 12.8 Å². The number of hydrogen-bond acceptors (Lipinski definition) is 8. The fourth-order valence-corrected chi connectivity index (χ4v) is 3.50. The van der Waals surface area contributed by atoms with Gasteiger partial charge in [0.05, 0.1) is 32.5 Å². The van der Waals surface area contributed by atoms with E-state index in [2.05, 4.69) is 36.5 Å². The Hall–Kier alpha value is -4.47. The number of nitrogens with one attached hydrogen (secondary N) is 1. The molecule has 1 rings (SSSR count). The number of carbonyl (C=O) groups excluding carboxylic acids is 3. The predicted molar refractivity (Wildman–Crippen MR) is 182 cm³/mol. The zero-order valence-electron chi connectivity index (χ0n) is 28.5. The van der Waals surface area contributed by atoms with Crippen molar-refractivity contribution in [2.24, 2.45) is 4.99 Å². The number of methoxy groups -OCH3 is 1. The third-order valence-corrected chi connectivity index (χ3v) is 5.63. The van der Waals surface area contributed by atoms with E-state index in [4.69, 9.17) is 9.47 Å². The number of allylic oxidation sites excluding steroid dienone is 6. The van der Waals surface area contributed by atoms with Crippen molar-refractivity contribution in [3.63, 3.8) is 0 Å². The fraction of sp³-hybridized carbons (Fsp3) is 0.471. The Kier molecular flexibility index (Phi) is 29.2. The van der Waals surface area contributed by atoms with Gasteiger partial charge in [0, 0.05) is 26.7 Å². The summed E-state index contributed by atoms with van der Waals surface area (Å²) in [5.74, 6) is -3.31. The average molecular weight is 649 g/mol. The van der Waals surface area contributed by atoms with Crippen molar-refractivity contribution < 1.29 is 38.5 Å². The summed E-state index contributed by atoms with van der Waals surface area (Å²) < 4.78 is 24.4. The molecule has 1 aliphatic rings. The van der Waals surface area contributed by atoms with E-state index in [1.807, 2.05) is 27.7 Å². The van der Waals surface area contributed by atoms with Crippen LogP contribution in [0.3, 0.4) is 0 Å². The molecule has 0 aliphatic carbocycles. The third kappa shape index (κ3) is 17.1. The monoisotopic (exact) mass is 648 g/mol. The lowest BCUT2D eigenvalue weighted by atomic mass is 10.1. The second-order valence-electron chi connectivity index (χ2n) is 8.52. The van der Waals surface area contributed by atoms with E-state index in [0.29, 0.717) is 18.4 Å². The molecular formula is C34H53FN4O7. The maximum atomic E-state index is 13.6. The minimum atomic E-state index is -0.892. The maximum Gasteiger partial charge on any atom is 0.291 e. The molecule has 0 bridgehead atoms. The lowest BCUT2D eigenvalue weighted by Crippen LogP contribution is -2.42. The average Bonchev–Trinajstić information content (AvgIpc) is 3.08. The van der Waals surface area contributed by atoms with Crippen LogP contribution < -0.4 is 5.32 Å². The summed E-state index contributed by atoms with van der Waals surface area (Å²) in [4.78, 5) is 45.6. The van der Waals surface area contributed by atoms with Crippen molar-refractivity contribution in [2.75, 3.05) is 53.0 Å². The molecule has 0 aromatic heterocycles. The first-order valence-corrected chi connectivity index (χ1v) is 15.0. The molecule has 1 heterocycles. The molecule has 0 atom stereocenters. The van der Waals surface area contributed by atoms with Gasteiger partial charge in [0.15, 0.2) is 0 Å². The van der Waals surface area contributed by atoms with Crippen LogP contribution in [0.2, 0.25) is 0 Å². The number of terminal acetylenes is 1. The SMILES string of the molecule is C#C.C=C/C=C(F)\C=C/CC/C(C)=C1/CN(C(=O)/C(C(=O)NCCOC)=C(/O)CN=C)C=C(C(=O)N(CC)CCO)O1.CC.CC. The maximum absolute atomic E-state index is 13.6. The minimum absolute atomic E-state index is 0.0371. The molecular weight excluding hydrogens is 595 g/mol. The van der Waals surface area contributed by atoms with Crippen molar-refractivity contribution in [3.8, 4) is 12.8 Å². The number of nitrogens with zero attached hydrogens (tertiary/aromatic N) is 3. The number of likely N-dealkylation sites (N-methyl/N-ethyl adjacent to an activating group) is 1. The van der Waals surface area contributed by atoms with E-state index in [1.165, 1.54) is 30.2 Å². The van der Waals surface area contributed by atoms with Gasteiger partial charge in [-0.1, -0.05) is 46.4 Å². The molecule has 3 amide bonds. The van der Waals surface area contributed by atoms with Crippen molar-refractivity contribution >= 4 is 24.4 Å². The normalized spacial score (nSPS) is 13.8. The molecule has 46 heavy (non-hydrogen) atoms. The van der Waals surface area contributed by atoms with Gasteiger partial charge in [-0.05, 0) is 51.1 Å². The number of amides is 3. The smallest absolute Gasteiger partial charge is 0.291 e. The first-order chi connectivity index (χ1) is 22.1. The molecule has 0 saturated carbocycles. The zero-order valence-corrected chi connectivity index (χ0v) is 28.5. The van der Waals surface area contributed by atoms with Gasteiger partial charge < -0.3 is 34.8 Å². The quantitative estimate of drug-likeness (QED) is 0.0321. The van der Waals surface area contributed by atoms with Crippen LogP contribution in [0.1, 0.15) is 54.4 Å². The van der Waals surface area contributed by atoms with Crippen LogP contribution >= 0.6 is 0 Å². The van der Waals surface area contributed by atoms with Crippen LogP contribution in [0.5, 0.6) is 0 Å². The Morgan fingerprint density at radius 3 is 2.41 bits per heavy atom.